The standard InChI is InChI=1S/C28H54IN5O4S/c1-3-4-5-6-7-8-9-10-11-12-13-14-15-16-17-18-21-30-28(35)38-24-27(34-26(2)31-25-32-34)23-33-39(36,37)22-19-20-29/h25,27,33H,3-24H2,1-2H3,(H,30,35). The molecule has 1 aromatic rings. The van der Waals surface area contributed by atoms with E-state index in [0.717, 1.165) is 17.3 Å². The number of nitrogens with one attached hydrogen (secondary N) is 2. The molecule has 0 aliphatic carbocycles. The second-order valence-corrected chi connectivity index (χ2v) is 13.4. The number of halogens is 1. The smallest absolute Gasteiger partial charge is 0.407 e. The van der Waals surface area contributed by atoms with Crippen molar-refractivity contribution in [2.45, 2.75) is 129 Å². The van der Waals surface area contributed by atoms with Gasteiger partial charge in [-0.25, -0.2) is 27.6 Å². The normalized spacial score (nSPS) is 12.5. The summed E-state index contributed by atoms with van der Waals surface area (Å²) in [4.78, 5) is 16.3. The number of sulfonamides is 1. The molecular formula is C28H54IN5O4S. The van der Waals surface area contributed by atoms with Gasteiger partial charge in [0.2, 0.25) is 10.0 Å². The Bertz CT molecular complexity index is 838. The number of carbonyl (C=O) groups is 1. The fourth-order valence-corrected chi connectivity index (χ4v) is 6.52. The number of amides is 1. The number of rotatable bonds is 26. The molecule has 2 N–H and O–H groups in total. The van der Waals surface area contributed by atoms with Crippen LogP contribution in [-0.4, -0.2) is 59.2 Å². The summed E-state index contributed by atoms with van der Waals surface area (Å²) in [5.74, 6) is 0.697. The number of carbonyl (C=O) groups excluding carboxylic acids is 1. The van der Waals surface area contributed by atoms with Crippen molar-refractivity contribution in [3.8, 4) is 0 Å². The third-order valence-electron chi connectivity index (χ3n) is 6.89. The number of alkyl halides is 1. The predicted molar refractivity (Wildman–Crippen MR) is 168 cm³/mol. The van der Waals surface area contributed by atoms with E-state index < -0.39 is 22.2 Å². The lowest BCUT2D eigenvalue weighted by molar-refractivity contribution is 0.125. The SMILES string of the molecule is CCCCCCCCCCCCCCCCCCNC(=O)OCC(CNS(=O)(=O)CCCI)n1ncnc1C. The number of ether oxygens (including phenoxy) is 1. The van der Waals surface area contributed by atoms with Gasteiger partial charge in [-0.2, -0.15) is 5.10 Å². The van der Waals surface area contributed by atoms with Crippen LogP contribution in [0.5, 0.6) is 0 Å². The highest BCUT2D eigenvalue weighted by molar-refractivity contribution is 14.1. The lowest BCUT2D eigenvalue weighted by atomic mass is 10.0. The van der Waals surface area contributed by atoms with Crippen LogP contribution in [0.3, 0.4) is 0 Å². The summed E-state index contributed by atoms with van der Waals surface area (Å²) >= 11 is 2.16. The Morgan fingerprint density at radius 1 is 0.923 bits per heavy atom. The number of alkyl carbamates (subject to hydrolysis) is 1. The molecule has 1 rings (SSSR count). The van der Waals surface area contributed by atoms with Crippen LogP contribution in [0.2, 0.25) is 0 Å². The Morgan fingerprint density at radius 3 is 1.95 bits per heavy atom. The Morgan fingerprint density at radius 2 is 1.46 bits per heavy atom. The van der Waals surface area contributed by atoms with Crippen LogP contribution in [-0.2, 0) is 14.8 Å². The summed E-state index contributed by atoms with van der Waals surface area (Å²) in [6, 6.07) is -0.469. The highest BCUT2D eigenvalue weighted by Crippen LogP contribution is 2.14. The average molecular weight is 684 g/mol. The summed E-state index contributed by atoms with van der Waals surface area (Å²) in [6.45, 7) is 4.71. The molecule has 0 saturated heterocycles. The zero-order valence-electron chi connectivity index (χ0n) is 24.5. The summed E-state index contributed by atoms with van der Waals surface area (Å²) in [6.07, 6.45) is 22.5. The van der Waals surface area contributed by atoms with Gasteiger partial charge in [-0.15, -0.1) is 0 Å². The molecule has 0 spiro atoms. The third-order valence-corrected chi connectivity index (χ3v) is 9.09. The number of aryl methyl sites for hydroxylation is 1. The summed E-state index contributed by atoms with van der Waals surface area (Å²) < 4.78 is 34.7. The van der Waals surface area contributed by atoms with E-state index in [0.29, 0.717) is 18.8 Å². The van der Waals surface area contributed by atoms with E-state index in [1.165, 1.54) is 96.2 Å². The second-order valence-electron chi connectivity index (χ2n) is 10.4. The Labute approximate surface area is 251 Å². The van der Waals surface area contributed by atoms with Crippen LogP contribution in [0, 0.1) is 6.92 Å². The minimum Gasteiger partial charge on any atom is -0.447 e. The fourth-order valence-electron chi connectivity index (χ4n) is 4.51. The Balaban J connectivity index is 2.08. The summed E-state index contributed by atoms with van der Waals surface area (Å²) in [5.41, 5.74) is 0. The molecule has 228 valence electrons. The molecule has 0 saturated carbocycles. The Kier molecular flexibility index (Phi) is 21.9. The molecule has 0 bridgehead atoms. The number of unbranched alkanes of at least 4 members (excludes halogenated alkanes) is 15. The number of nitrogens with zero attached hydrogens (tertiary/aromatic N) is 3. The van der Waals surface area contributed by atoms with Crippen molar-refractivity contribution in [2.75, 3.05) is 29.9 Å². The van der Waals surface area contributed by atoms with Gasteiger partial charge in [0.15, 0.2) is 0 Å². The molecule has 9 nitrogen and oxygen atoms in total. The first-order valence-electron chi connectivity index (χ1n) is 15.2. The highest BCUT2D eigenvalue weighted by Gasteiger charge is 2.20. The molecule has 0 aliphatic rings. The van der Waals surface area contributed by atoms with Gasteiger partial charge in [-0.1, -0.05) is 126 Å². The molecule has 0 aromatic carbocycles. The van der Waals surface area contributed by atoms with Crippen LogP contribution < -0.4 is 10.0 Å². The highest BCUT2D eigenvalue weighted by atomic mass is 127. The van der Waals surface area contributed by atoms with E-state index in [2.05, 4.69) is 49.6 Å². The van der Waals surface area contributed by atoms with Gasteiger partial charge in [0.05, 0.1) is 5.75 Å². The minimum absolute atomic E-state index is 0.00377. The average Bonchev–Trinajstić information content (AvgIpc) is 3.34. The van der Waals surface area contributed by atoms with Crippen molar-refractivity contribution in [1.82, 2.24) is 24.8 Å². The van der Waals surface area contributed by atoms with Crippen molar-refractivity contribution in [3.63, 3.8) is 0 Å². The molecule has 1 amide bonds. The van der Waals surface area contributed by atoms with Crippen molar-refractivity contribution in [1.29, 1.82) is 0 Å². The first-order chi connectivity index (χ1) is 18.9. The molecular weight excluding hydrogens is 629 g/mol. The van der Waals surface area contributed by atoms with Crippen LogP contribution >= 0.6 is 22.6 Å². The molecule has 0 radical (unpaired) electrons. The quantitative estimate of drug-likeness (QED) is 0.0627. The van der Waals surface area contributed by atoms with E-state index in [1.807, 2.05) is 0 Å². The third kappa shape index (κ3) is 19.7. The van der Waals surface area contributed by atoms with Gasteiger partial charge >= 0.3 is 6.09 Å². The number of hydrogen-bond acceptors (Lipinski definition) is 6. The van der Waals surface area contributed by atoms with E-state index >= 15 is 0 Å². The van der Waals surface area contributed by atoms with Crippen molar-refractivity contribution >= 4 is 38.7 Å². The molecule has 0 aliphatic heterocycles. The monoisotopic (exact) mass is 683 g/mol. The van der Waals surface area contributed by atoms with Crippen LogP contribution in [0.25, 0.3) is 0 Å². The van der Waals surface area contributed by atoms with Gasteiger partial charge in [0.25, 0.3) is 0 Å². The molecule has 1 atom stereocenters. The Hall–Kier alpha value is -0.950. The molecule has 1 heterocycles. The maximum atomic E-state index is 12.2. The first kappa shape index (κ1) is 36.1. The number of hydrogen-bond donors (Lipinski definition) is 2. The van der Waals surface area contributed by atoms with E-state index in [4.69, 9.17) is 4.74 Å². The molecule has 11 heteroatoms. The molecule has 1 unspecified atom stereocenters. The second kappa shape index (κ2) is 23.7. The van der Waals surface area contributed by atoms with E-state index in [1.54, 1.807) is 11.6 Å². The van der Waals surface area contributed by atoms with Gasteiger partial charge in [0.1, 0.15) is 24.8 Å². The summed E-state index contributed by atoms with van der Waals surface area (Å²) in [7, 11) is -3.39. The van der Waals surface area contributed by atoms with E-state index in [-0.39, 0.29) is 18.9 Å². The van der Waals surface area contributed by atoms with Crippen LogP contribution in [0.4, 0.5) is 4.79 Å². The maximum absolute atomic E-state index is 12.2. The van der Waals surface area contributed by atoms with Gasteiger partial charge in [0, 0.05) is 17.5 Å². The van der Waals surface area contributed by atoms with Crippen molar-refractivity contribution in [3.05, 3.63) is 12.2 Å². The molecule has 1 aromatic heterocycles. The largest absolute Gasteiger partial charge is 0.447 e. The predicted octanol–water partition coefficient (Wildman–Crippen LogP) is 6.86. The lowest BCUT2D eigenvalue weighted by Gasteiger charge is -2.19. The first-order valence-corrected chi connectivity index (χ1v) is 18.4. The fraction of sp³-hybridized carbons (Fsp3) is 0.893. The summed E-state index contributed by atoms with van der Waals surface area (Å²) in [5, 5.41) is 6.97. The van der Waals surface area contributed by atoms with Gasteiger partial charge in [-0.05, 0) is 19.8 Å². The lowest BCUT2D eigenvalue weighted by Crippen LogP contribution is -2.36. The molecule has 0 fully saturated rings. The van der Waals surface area contributed by atoms with Crippen LogP contribution in [0.15, 0.2) is 6.33 Å². The van der Waals surface area contributed by atoms with Crippen molar-refractivity contribution < 1.29 is 17.9 Å². The minimum atomic E-state index is -3.39. The maximum Gasteiger partial charge on any atom is 0.407 e. The van der Waals surface area contributed by atoms with Gasteiger partial charge in [-0.3, -0.25) is 0 Å². The topological polar surface area (TPSA) is 115 Å². The van der Waals surface area contributed by atoms with Crippen molar-refractivity contribution in [2.24, 2.45) is 0 Å². The van der Waals surface area contributed by atoms with Gasteiger partial charge < -0.3 is 10.1 Å². The number of aromatic nitrogens is 3. The zero-order valence-corrected chi connectivity index (χ0v) is 27.4. The zero-order chi connectivity index (χ0) is 28.6. The van der Waals surface area contributed by atoms with Crippen LogP contribution in [0.1, 0.15) is 128 Å². The molecule has 39 heavy (non-hydrogen) atoms. The van der Waals surface area contributed by atoms with E-state index in [9.17, 15) is 13.2 Å².